The highest BCUT2D eigenvalue weighted by Crippen LogP contribution is 2.28. The van der Waals surface area contributed by atoms with Gasteiger partial charge in [0.1, 0.15) is 6.10 Å². The number of pyridine rings is 1. The van der Waals surface area contributed by atoms with Gasteiger partial charge in [-0.1, -0.05) is 30.3 Å². The van der Waals surface area contributed by atoms with Crippen LogP contribution in [0.3, 0.4) is 0 Å². The lowest BCUT2D eigenvalue weighted by molar-refractivity contribution is 0.157. The van der Waals surface area contributed by atoms with E-state index in [0.29, 0.717) is 0 Å². The average Bonchev–Trinajstić information content (AvgIpc) is 2.50. The van der Waals surface area contributed by atoms with Crippen molar-refractivity contribution >= 4 is 0 Å². The Morgan fingerprint density at radius 3 is 2.58 bits per heavy atom. The van der Waals surface area contributed by atoms with Gasteiger partial charge >= 0.3 is 0 Å². The third kappa shape index (κ3) is 2.93. The van der Waals surface area contributed by atoms with E-state index in [1.807, 2.05) is 24.3 Å². The van der Waals surface area contributed by atoms with Crippen molar-refractivity contribution in [3.63, 3.8) is 0 Å². The van der Waals surface area contributed by atoms with Crippen molar-refractivity contribution < 1.29 is 4.74 Å². The molecule has 0 aliphatic carbocycles. The molecule has 2 heterocycles. The van der Waals surface area contributed by atoms with Crippen LogP contribution in [0.25, 0.3) is 11.1 Å². The first-order valence-corrected chi connectivity index (χ1v) is 6.81. The van der Waals surface area contributed by atoms with Gasteiger partial charge in [0.2, 0.25) is 5.88 Å². The highest BCUT2D eigenvalue weighted by Gasteiger charge is 2.17. The first-order chi connectivity index (χ1) is 9.43. The molecule has 1 fully saturated rings. The largest absolute Gasteiger partial charge is 0.474 e. The Labute approximate surface area is 113 Å². The second kappa shape index (κ2) is 5.85. The number of nitrogens with zero attached hydrogens (tertiary/aromatic N) is 1. The van der Waals surface area contributed by atoms with E-state index in [9.17, 15) is 0 Å². The van der Waals surface area contributed by atoms with E-state index in [-0.39, 0.29) is 6.10 Å². The van der Waals surface area contributed by atoms with E-state index >= 15 is 0 Å². The fourth-order valence-corrected chi connectivity index (χ4v) is 2.39. The van der Waals surface area contributed by atoms with E-state index in [0.717, 1.165) is 42.9 Å². The van der Waals surface area contributed by atoms with Crippen LogP contribution in [0, 0.1) is 0 Å². The molecule has 0 atom stereocenters. The lowest BCUT2D eigenvalue weighted by atomic mass is 10.1. The zero-order valence-corrected chi connectivity index (χ0v) is 10.9. The first kappa shape index (κ1) is 12.2. The Bertz CT molecular complexity index is 521. The summed E-state index contributed by atoms with van der Waals surface area (Å²) in [6.45, 7) is 2.05. The second-order valence-electron chi connectivity index (χ2n) is 4.79. The summed E-state index contributed by atoms with van der Waals surface area (Å²) in [7, 11) is 0. The highest BCUT2D eigenvalue weighted by atomic mass is 16.5. The third-order valence-corrected chi connectivity index (χ3v) is 3.42. The molecule has 98 valence electrons. The van der Waals surface area contributed by atoms with Crippen molar-refractivity contribution in [3.8, 4) is 17.0 Å². The van der Waals surface area contributed by atoms with Crippen LogP contribution in [-0.4, -0.2) is 24.2 Å². The molecule has 0 bridgehead atoms. The minimum atomic E-state index is 0.276. The number of nitrogens with one attached hydrogen (secondary N) is 1. The zero-order chi connectivity index (χ0) is 12.9. The Hall–Kier alpha value is -1.87. The molecule has 1 aromatic carbocycles. The van der Waals surface area contributed by atoms with Crippen molar-refractivity contribution in [2.24, 2.45) is 0 Å². The fourth-order valence-electron chi connectivity index (χ4n) is 2.39. The number of rotatable bonds is 3. The Balaban J connectivity index is 1.85. The molecular formula is C16H18N2O. The van der Waals surface area contributed by atoms with Gasteiger partial charge in [-0.2, -0.15) is 0 Å². The Morgan fingerprint density at radius 1 is 1.00 bits per heavy atom. The molecule has 0 amide bonds. The maximum Gasteiger partial charge on any atom is 0.221 e. The molecule has 0 spiro atoms. The number of hydrogen-bond acceptors (Lipinski definition) is 3. The molecule has 3 rings (SSSR count). The molecule has 3 heteroatoms. The van der Waals surface area contributed by atoms with Crippen LogP contribution < -0.4 is 10.1 Å². The van der Waals surface area contributed by atoms with Crippen LogP contribution in [0.15, 0.2) is 48.7 Å². The van der Waals surface area contributed by atoms with Gasteiger partial charge < -0.3 is 10.1 Å². The van der Waals surface area contributed by atoms with Crippen LogP contribution in [0.4, 0.5) is 0 Å². The number of hydrogen-bond donors (Lipinski definition) is 1. The van der Waals surface area contributed by atoms with Gasteiger partial charge in [0.25, 0.3) is 0 Å². The maximum absolute atomic E-state index is 6.09. The minimum Gasteiger partial charge on any atom is -0.474 e. The monoisotopic (exact) mass is 254 g/mol. The molecule has 1 aliphatic rings. The van der Waals surface area contributed by atoms with Gasteiger partial charge in [-0.3, -0.25) is 0 Å². The van der Waals surface area contributed by atoms with Crippen molar-refractivity contribution in [3.05, 3.63) is 48.7 Å². The predicted octanol–water partition coefficient (Wildman–Crippen LogP) is 2.88. The summed E-state index contributed by atoms with van der Waals surface area (Å²) in [6.07, 6.45) is 4.16. The highest BCUT2D eigenvalue weighted by molar-refractivity contribution is 5.68. The molecule has 1 N–H and O–H groups in total. The molecule has 1 saturated heterocycles. The molecule has 1 aromatic heterocycles. The summed E-state index contributed by atoms with van der Waals surface area (Å²) in [5, 5.41) is 3.35. The number of benzene rings is 1. The quantitative estimate of drug-likeness (QED) is 0.914. The fraction of sp³-hybridized carbons (Fsp3) is 0.312. The minimum absolute atomic E-state index is 0.276. The molecule has 19 heavy (non-hydrogen) atoms. The summed E-state index contributed by atoms with van der Waals surface area (Å²) in [6, 6.07) is 14.3. The third-order valence-electron chi connectivity index (χ3n) is 3.42. The van der Waals surface area contributed by atoms with Crippen LogP contribution in [0.5, 0.6) is 5.88 Å². The number of piperidine rings is 1. The summed E-state index contributed by atoms with van der Waals surface area (Å²) in [5.41, 5.74) is 2.22. The summed E-state index contributed by atoms with van der Waals surface area (Å²) >= 11 is 0. The molecule has 1 aliphatic heterocycles. The smallest absolute Gasteiger partial charge is 0.221 e. The van der Waals surface area contributed by atoms with Gasteiger partial charge in [0.05, 0.1) is 0 Å². The summed E-state index contributed by atoms with van der Waals surface area (Å²) < 4.78 is 6.09. The van der Waals surface area contributed by atoms with Gasteiger partial charge in [-0.15, -0.1) is 0 Å². The Morgan fingerprint density at radius 2 is 1.79 bits per heavy atom. The average molecular weight is 254 g/mol. The number of aromatic nitrogens is 1. The van der Waals surface area contributed by atoms with E-state index in [2.05, 4.69) is 28.5 Å². The first-order valence-electron chi connectivity index (χ1n) is 6.81. The molecule has 0 unspecified atom stereocenters. The Kier molecular flexibility index (Phi) is 3.75. The zero-order valence-electron chi connectivity index (χ0n) is 10.9. The van der Waals surface area contributed by atoms with Crippen LogP contribution >= 0.6 is 0 Å². The predicted molar refractivity (Wildman–Crippen MR) is 76.2 cm³/mol. The van der Waals surface area contributed by atoms with Gasteiger partial charge in [0, 0.05) is 11.8 Å². The summed E-state index contributed by atoms with van der Waals surface area (Å²) in [4.78, 5) is 4.41. The van der Waals surface area contributed by atoms with E-state index in [1.165, 1.54) is 0 Å². The van der Waals surface area contributed by atoms with Gasteiger partial charge in [-0.25, -0.2) is 4.98 Å². The number of ether oxygens (including phenoxy) is 1. The van der Waals surface area contributed by atoms with Crippen molar-refractivity contribution in [1.29, 1.82) is 0 Å². The van der Waals surface area contributed by atoms with E-state index in [1.54, 1.807) is 6.20 Å². The standard InChI is InChI=1S/C16H18N2O/c1-2-5-13(6-3-1)15-7-4-10-18-16(15)19-14-8-11-17-12-9-14/h1-7,10,14,17H,8-9,11-12H2. The molecule has 0 saturated carbocycles. The molecular weight excluding hydrogens is 236 g/mol. The SMILES string of the molecule is c1ccc(-c2cccnc2OC2CCNCC2)cc1. The topological polar surface area (TPSA) is 34.1 Å². The van der Waals surface area contributed by atoms with Crippen LogP contribution in [0.1, 0.15) is 12.8 Å². The second-order valence-corrected chi connectivity index (χ2v) is 4.79. The van der Waals surface area contributed by atoms with Crippen molar-refractivity contribution in [2.45, 2.75) is 18.9 Å². The van der Waals surface area contributed by atoms with Gasteiger partial charge in [-0.05, 0) is 43.6 Å². The van der Waals surface area contributed by atoms with Crippen molar-refractivity contribution in [1.82, 2.24) is 10.3 Å². The normalized spacial score (nSPS) is 16.2. The summed E-state index contributed by atoms with van der Waals surface area (Å²) in [5.74, 6) is 0.751. The molecule has 0 radical (unpaired) electrons. The van der Waals surface area contributed by atoms with Crippen LogP contribution in [0.2, 0.25) is 0 Å². The molecule has 2 aromatic rings. The van der Waals surface area contributed by atoms with Crippen molar-refractivity contribution in [2.75, 3.05) is 13.1 Å². The van der Waals surface area contributed by atoms with Crippen LogP contribution in [-0.2, 0) is 0 Å². The lowest BCUT2D eigenvalue weighted by Gasteiger charge is -2.24. The molecule has 3 nitrogen and oxygen atoms in total. The van der Waals surface area contributed by atoms with E-state index in [4.69, 9.17) is 4.74 Å². The maximum atomic E-state index is 6.09. The van der Waals surface area contributed by atoms with Gasteiger partial charge in [0.15, 0.2) is 0 Å². The van der Waals surface area contributed by atoms with E-state index < -0.39 is 0 Å². The lowest BCUT2D eigenvalue weighted by Crippen LogP contribution is -2.34.